The molecule has 6 nitrogen and oxygen atoms in total. The molecule has 2 rings (SSSR count). The van der Waals surface area contributed by atoms with Crippen LogP contribution in [0.25, 0.3) is 0 Å². The molecule has 0 spiro atoms. The molecule has 1 heterocycles. The first kappa shape index (κ1) is 15.5. The van der Waals surface area contributed by atoms with Crippen molar-refractivity contribution in [2.45, 2.75) is 24.9 Å². The summed E-state index contributed by atoms with van der Waals surface area (Å²) in [6, 6.07) is 6.98. The van der Waals surface area contributed by atoms with Crippen molar-refractivity contribution in [3.05, 3.63) is 35.4 Å². The summed E-state index contributed by atoms with van der Waals surface area (Å²) in [5.74, 6) is -1.35. The van der Waals surface area contributed by atoms with E-state index in [1.165, 1.54) is 7.11 Å². The van der Waals surface area contributed by atoms with Crippen molar-refractivity contribution in [3.8, 4) is 0 Å². The zero-order chi connectivity index (χ0) is 15.5. The van der Waals surface area contributed by atoms with Gasteiger partial charge in [-0.15, -0.1) is 0 Å². The zero-order valence-corrected chi connectivity index (χ0v) is 12.0. The Bertz CT molecular complexity index is 546. The molecule has 1 aromatic rings. The van der Waals surface area contributed by atoms with E-state index in [0.717, 1.165) is 12.0 Å². The van der Waals surface area contributed by atoms with Gasteiger partial charge in [0.2, 0.25) is 5.91 Å². The van der Waals surface area contributed by atoms with Crippen molar-refractivity contribution >= 4 is 11.9 Å². The number of ether oxygens (including phenoxy) is 1. The van der Waals surface area contributed by atoms with Crippen molar-refractivity contribution in [2.24, 2.45) is 5.73 Å². The molecule has 1 fully saturated rings. The fourth-order valence-corrected chi connectivity index (χ4v) is 2.91. The Labute approximate surface area is 123 Å². The van der Waals surface area contributed by atoms with Gasteiger partial charge in [-0.3, -0.25) is 14.5 Å². The molecular weight excluding hydrogens is 272 g/mol. The molecule has 1 unspecified atom stereocenters. The number of methoxy groups -OCH3 is 1. The fourth-order valence-electron chi connectivity index (χ4n) is 2.91. The topological polar surface area (TPSA) is 92.9 Å². The second kappa shape index (κ2) is 6.24. The second-order valence-corrected chi connectivity index (χ2v) is 5.36. The van der Waals surface area contributed by atoms with E-state index >= 15 is 0 Å². The minimum atomic E-state index is -0.989. The summed E-state index contributed by atoms with van der Waals surface area (Å²) in [6.07, 6.45) is 1.37. The molecule has 3 N–H and O–H groups in total. The maximum absolute atomic E-state index is 11.7. The number of carbonyl (C=O) groups is 2. The van der Waals surface area contributed by atoms with Crippen molar-refractivity contribution in [1.29, 1.82) is 0 Å². The van der Waals surface area contributed by atoms with E-state index in [1.54, 1.807) is 18.2 Å². The highest BCUT2D eigenvalue weighted by Crippen LogP contribution is 2.31. The number of hydrogen-bond donors (Lipinski definition) is 2. The molecule has 6 heteroatoms. The SMILES string of the molecule is COCC1(C(=O)O)CCCN1Cc1cccc(C(N)=O)c1. The Morgan fingerprint density at radius 2 is 2.24 bits per heavy atom. The lowest BCUT2D eigenvalue weighted by Gasteiger charge is -2.34. The first-order chi connectivity index (χ1) is 9.99. The highest BCUT2D eigenvalue weighted by atomic mass is 16.5. The number of amides is 1. The van der Waals surface area contributed by atoms with Crippen LogP contribution in [0.15, 0.2) is 24.3 Å². The third kappa shape index (κ3) is 3.06. The second-order valence-electron chi connectivity index (χ2n) is 5.36. The third-order valence-electron chi connectivity index (χ3n) is 3.99. The van der Waals surface area contributed by atoms with E-state index in [0.29, 0.717) is 25.1 Å². The van der Waals surface area contributed by atoms with Gasteiger partial charge in [-0.25, -0.2) is 0 Å². The number of aliphatic carboxylic acids is 1. The summed E-state index contributed by atoms with van der Waals surface area (Å²) in [6.45, 7) is 1.30. The van der Waals surface area contributed by atoms with Crippen LogP contribution < -0.4 is 5.73 Å². The number of primary amides is 1. The largest absolute Gasteiger partial charge is 0.480 e. The Hall–Kier alpha value is -1.92. The van der Waals surface area contributed by atoms with Crippen LogP contribution in [0.1, 0.15) is 28.8 Å². The van der Waals surface area contributed by atoms with Gasteiger partial charge in [0.25, 0.3) is 0 Å². The molecule has 1 aliphatic rings. The lowest BCUT2D eigenvalue weighted by Crippen LogP contribution is -2.53. The maximum atomic E-state index is 11.7. The van der Waals surface area contributed by atoms with Gasteiger partial charge >= 0.3 is 5.97 Å². The first-order valence-corrected chi connectivity index (χ1v) is 6.86. The van der Waals surface area contributed by atoms with E-state index in [-0.39, 0.29) is 6.61 Å². The van der Waals surface area contributed by atoms with Crippen LogP contribution >= 0.6 is 0 Å². The molecule has 0 aliphatic carbocycles. The number of nitrogens with zero attached hydrogens (tertiary/aromatic N) is 1. The number of benzene rings is 1. The van der Waals surface area contributed by atoms with Crippen molar-refractivity contribution in [3.63, 3.8) is 0 Å². The summed E-state index contributed by atoms with van der Waals surface area (Å²) in [5, 5.41) is 9.59. The summed E-state index contributed by atoms with van der Waals surface area (Å²) in [7, 11) is 1.51. The molecule has 114 valence electrons. The molecule has 1 aliphatic heterocycles. The van der Waals surface area contributed by atoms with E-state index in [9.17, 15) is 14.7 Å². The predicted octanol–water partition coefficient (Wildman–Crippen LogP) is 0.851. The van der Waals surface area contributed by atoms with Gasteiger partial charge in [0, 0.05) is 19.2 Å². The van der Waals surface area contributed by atoms with Crippen LogP contribution in [0.4, 0.5) is 0 Å². The van der Waals surface area contributed by atoms with Crippen molar-refractivity contribution < 1.29 is 19.4 Å². The van der Waals surface area contributed by atoms with Gasteiger partial charge in [0.05, 0.1) is 6.61 Å². The minimum absolute atomic E-state index is 0.151. The third-order valence-corrected chi connectivity index (χ3v) is 3.99. The number of rotatable bonds is 6. The van der Waals surface area contributed by atoms with Crippen molar-refractivity contribution in [2.75, 3.05) is 20.3 Å². The number of carbonyl (C=O) groups excluding carboxylic acids is 1. The molecule has 21 heavy (non-hydrogen) atoms. The molecular formula is C15H20N2O4. The van der Waals surface area contributed by atoms with Crippen LogP contribution in [-0.2, 0) is 16.1 Å². The lowest BCUT2D eigenvalue weighted by molar-refractivity contribution is -0.153. The average molecular weight is 292 g/mol. The predicted molar refractivity (Wildman–Crippen MR) is 76.8 cm³/mol. The molecule has 0 aromatic heterocycles. The lowest BCUT2D eigenvalue weighted by atomic mass is 9.96. The molecule has 1 saturated heterocycles. The molecule has 0 bridgehead atoms. The van der Waals surface area contributed by atoms with Gasteiger partial charge in [0.15, 0.2) is 0 Å². The number of carboxylic acid groups (broad SMARTS) is 1. The Balaban J connectivity index is 2.23. The standard InChI is InChI=1S/C15H20N2O4/c1-21-10-15(14(19)20)6-3-7-17(15)9-11-4-2-5-12(8-11)13(16)18/h2,4-5,8H,3,6-7,9-10H2,1H3,(H2,16,18)(H,19,20). The molecule has 0 saturated carbocycles. The quantitative estimate of drug-likeness (QED) is 0.811. The van der Waals surface area contributed by atoms with Crippen LogP contribution in [0.3, 0.4) is 0 Å². The van der Waals surface area contributed by atoms with E-state index in [2.05, 4.69) is 0 Å². The normalized spacial score (nSPS) is 22.3. The summed E-state index contributed by atoms with van der Waals surface area (Å²) in [4.78, 5) is 24.8. The summed E-state index contributed by atoms with van der Waals surface area (Å²) < 4.78 is 5.12. The fraction of sp³-hybridized carbons (Fsp3) is 0.467. The smallest absolute Gasteiger partial charge is 0.326 e. The van der Waals surface area contributed by atoms with Crippen LogP contribution in [0.2, 0.25) is 0 Å². The first-order valence-electron chi connectivity index (χ1n) is 6.86. The van der Waals surface area contributed by atoms with Crippen molar-refractivity contribution in [1.82, 2.24) is 4.90 Å². The number of hydrogen-bond acceptors (Lipinski definition) is 4. The van der Waals surface area contributed by atoms with E-state index in [4.69, 9.17) is 10.5 Å². The van der Waals surface area contributed by atoms with Crippen LogP contribution in [0, 0.1) is 0 Å². The van der Waals surface area contributed by atoms with E-state index in [1.807, 2.05) is 11.0 Å². The van der Waals surface area contributed by atoms with Crippen LogP contribution in [0.5, 0.6) is 0 Å². The van der Waals surface area contributed by atoms with Crippen LogP contribution in [-0.4, -0.2) is 47.7 Å². The summed E-state index contributed by atoms with van der Waals surface area (Å²) in [5.41, 5.74) is 5.59. The highest BCUT2D eigenvalue weighted by Gasteiger charge is 2.47. The van der Waals surface area contributed by atoms with Gasteiger partial charge in [-0.1, -0.05) is 12.1 Å². The highest BCUT2D eigenvalue weighted by molar-refractivity contribution is 5.92. The number of likely N-dealkylation sites (tertiary alicyclic amines) is 1. The minimum Gasteiger partial charge on any atom is -0.480 e. The van der Waals surface area contributed by atoms with Gasteiger partial charge in [-0.05, 0) is 37.1 Å². The number of carboxylic acids is 1. The van der Waals surface area contributed by atoms with Gasteiger partial charge in [-0.2, -0.15) is 0 Å². The average Bonchev–Trinajstić information content (AvgIpc) is 2.84. The maximum Gasteiger partial charge on any atom is 0.326 e. The Morgan fingerprint density at radius 3 is 2.86 bits per heavy atom. The zero-order valence-electron chi connectivity index (χ0n) is 12.0. The monoisotopic (exact) mass is 292 g/mol. The van der Waals surface area contributed by atoms with Gasteiger partial charge in [0.1, 0.15) is 5.54 Å². The molecule has 1 amide bonds. The molecule has 0 radical (unpaired) electrons. The summed E-state index contributed by atoms with van der Waals surface area (Å²) >= 11 is 0. The van der Waals surface area contributed by atoms with Gasteiger partial charge < -0.3 is 15.6 Å². The van der Waals surface area contributed by atoms with E-state index < -0.39 is 17.4 Å². The molecule has 1 atom stereocenters. The number of nitrogens with two attached hydrogens (primary N) is 1. The Morgan fingerprint density at radius 1 is 1.48 bits per heavy atom. The Kier molecular flexibility index (Phi) is 4.59. The molecule has 1 aromatic carbocycles.